The third-order valence-electron chi connectivity index (χ3n) is 2.52. The lowest BCUT2D eigenvalue weighted by Crippen LogP contribution is -2.36. The first-order chi connectivity index (χ1) is 5.79. The van der Waals surface area contributed by atoms with Gasteiger partial charge in [0.05, 0.1) is 3.92 Å². The van der Waals surface area contributed by atoms with Crippen molar-refractivity contribution in [2.24, 2.45) is 7.05 Å². The van der Waals surface area contributed by atoms with Crippen LogP contribution < -0.4 is 4.57 Å². The molecular formula is C10H13IN+. The normalized spacial score (nSPS) is 22.0. The van der Waals surface area contributed by atoms with Gasteiger partial charge in [0.1, 0.15) is 7.05 Å². The third-order valence-corrected chi connectivity index (χ3v) is 3.73. The van der Waals surface area contributed by atoms with Crippen molar-refractivity contribution in [3.8, 4) is 0 Å². The maximum atomic E-state index is 2.55. The lowest BCUT2D eigenvalue weighted by Gasteiger charge is -2.17. The van der Waals surface area contributed by atoms with E-state index in [-0.39, 0.29) is 0 Å². The van der Waals surface area contributed by atoms with E-state index in [1.54, 1.807) is 5.56 Å². The van der Waals surface area contributed by atoms with Gasteiger partial charge in [-0.05, 0) is 25.3 Å². The molecule has 1 aromatic rings. The molecule has 0 radical (unpaired) electrons. The Hall–Kier alpha value is -0.120. The van der Waals surface area contributed by atoms with Gasteiger partial charge in [0.2, 0.25) is 0 Å². The highest BCUT2D eigenvalue weighted by atomic mass is 127. The topological polar surface area (TPSA) is 3.88 Å². The molecule has 2 rings (SSSR count). The molecule has 12 heavy (non-hydrogen) atoms. The number of alkyl halides is 1. The Balaban J connectivity index is 2.53. The average molecular weight is 274 g/mol. The zero-order valence-corrected chi connectivity index (χ0v) is 9.41. The first-order valence-electron chi connectivity index (χ1n) is 4.40. The van der Waals surface area contributed by atoms with Crippen molar-refractivity contribution in [3.63, 3.8) is 0 Å². The molecule has 1 heterocycles. The monoisotopic (exact) mass is 274 g/mol. The number of aryl methyl sites for hydroxylation is 2. The molecule has 0 aliphatic heterocycles. The zero-order chi connectivity index (χ0) is 8.55. The van der Waals surface area contributed by atoms with Crippen LogP contribution in [0.3, 0.4) is 0 Å². The van der Waals surface area contributed by atoms with Crippen molar-refractivity contribution in [1.82, 2.24) is 0 Å². The van der Waals surface area contributed by atoms with Crippen molar-refractivity contribution >= 4 is 22.6 Å². The van der Waals surface area contributed by atoms with E-state index in [0.29, 0.717) is 0 Å². The largest absolute Gasteiger partial charge is 0.204 e. The van der Waals surface area contributed by atoms with E-state index in [4.69, 9.17) is 0 Å². The van der Waals surface area contributed by atoms with Crippen LogP contribution in [0.4, 0.5) is 0 Å². The molecule has 0 saturated carbocycles. The van der Waals surface area contributed by atoms with Crippen molar-refractivity contribution in [2.45, 2.75) is 23.2 Å². The minimum atomic E-state index is 0.720. The number of rotatable bonds is 0. The van der Waals surface area contributed by atoms with Crippen molar-refractivity contribution < 1.29 is 4.57 Å². The molecule has 64 valence electrons. The Morgan fingerprint density at radius 2 is 2.42 bits per heavy atom. The smallest absolute Gasteiger partial charge is 0.197 e. The van der Waals surface area contributed by atoms with Gasteiger partial charge in [0.15, 0.2) is 11.9 Å². The lowest BCUT2D eigenvalue weighted by molar-refractivity contribution is -0.679. The highest BCUT2D eigenvalue weighted by Crippen LogP contribution is 2.33. The standard InChI is InChI=1S/C10H13IN/c1-12-7-3-5-8-4-2-6-9(11)10(8)12/h3,5,7,9H,2,4,6H2,1H3/q+1. The van der Waals surface area contributed by atoms with Gasteiger partial charge in [-0.1, -0.05) is 22.6 Å². The first kappa shape index (κ1) is 8.48. The summed E-state index contributed by atoms with van der Waals surface area (Å²) in [5, 5.41) is 0. The van der Waals surface area contributed by atoms with Gasteiger partial charge in [-0.2, -0.15) is 0 Å². The summed E-state index contributed by atoms with van der Waals surface area (Å²) in [5.74, 6) is 0. The summed E-state index contributed by atoms with van der Waals surface area (Å²) < 4.78 is 2.99. The van der Waals surface area contributed by atoms with Crippen molar-refractivity contribution in [3.05, 3.63) is 29.6 Å². The molecule has 0 aromatic carbocycles. The highest BCUT2D eigenvalue weighted by molar-refractivity contribution is 14.1. The van der Waals surface area contributed by atoms with Crippen LogP contribution in [-0.4, -0.2) is 0 Å². The molecule has 0 N–H and O–H groups in total. The second-order valence-electron chi connectivity index (χ2n) is 3.39. The molecule has 2 heteroatoms. The van der Waals surface area contributed by atoms with E-state index < -0.39 is 0 Å². The number of halogens is 1. The minimum absolute atomic E-state index is 0.720. The quantitative estimate of drug-likeness (QED) is 0.388. The van der Waals surface area contributed by atoms with Gasteiger partial charge < -0.3 is 0 Å². The summed E-state index contributed by atoms with van der Waals surface area (Å²) in [4.78, 5) is 0. The molecule has 1 atom stereocenters. The van der Waals surface area contributed by atoms with Crippen LogP contribution in [0.2, 0.25) is 0 Å². The average Bonchev–Trinajstić information content (AvgIpc) is 2.04. The Kier molecular flexibility index (Phi) is 2.35. The summed E-state index contributed by atoms with van der Waals surface area (Å²) >= 11 is 2.55. The van der Waals surface area contributed by atoms with Crippen LogP contribution in [0.25, 0.3) is 0 Å². The lowest BCUT2D eigenvalue weighted by atomic mass is 9.96. The maximum Gasteiger partial charge on any atom is 0.197 e. The first-order valence-corrected chi connectivity index (χ1v) is 5.65. The number of pyridine rings is 1. The number of fused-ring (bicyclic) bond motifs is 1. The molecule has 0 bridgehead atoms. The molecule has 1 aromatic heterocycles. The summed E-state index contributed by atoms with van der Waals surface area (Å²) in [6, 6.07) is 4.41. The van der Waals surface area contributed by atoms with Gasteiger partial charge in [0.25, 0.3) is 0 Å². The van der Waals surface area contributed by atoms with E-state index in [9.17, 15) is 0 Å². The fourth-order valence-electron chi connectivity index (χ4n) is 1.92. The Bertz CT molecular complexity index is 296. The van der Waals surface area contributed by atoms with E-state index in [1.807, 2.05) is 0 Å². The highest BCUT2D eigenvalue weighted by Gasteiger charge is 2.25. The van der Waals surface area contributed by atoms with Crippen LogP contribution in [0.1, 0.15) is 28.0 Å². The van der Waals surface area contributed by atoms with Crippen molar-refractivity contribution in [2.75, 3.05) is 0 Å². The summed E-state index contributed by atoms with van der Waals surface area (Å²) in [6.45, 7) is 0. The van der Waals surface area contributed by atoms with E-state index in [2.05, 4.69) is 52.5 Å². The molecule has 0 spiro atoms. The van der Waals surface area contributed by atoms with Crippen LogP contribution in [0.15, 0.2) is 18.3 Å². The van der Waals surface area contributed by atoms with E-state index in [1.165, 1.54) is 25.0 Å². The second-order valence-corrected chi connectivity index (χ2v) is 4.89. The Labute approximate surface area is 86.9 Å². The molecule has 1 aliphatic rings. The van der Waals surface area contributed by atoms with E-state index >= 15 is 0 Å². The molecule has 1 aliphatic carbocycles. The van der Waals surface area contributed by atoms with Gasteiger partial charge >= 0.3 is 0 Å². The number of hydrogen-bond donors (Lipinski definition) is 0. The van der Waals surface area contributed by atoms with Crippen molar-refractivity contribution in [1.29, 1.82) is 0 Å². The predicted octanol–water partition coefficient (Wildman–Crippen LogP) is 2.32. The van der Waals surface area contributed by atoms with Gasteiger partial charge in [-0.3, -0.25) is 0 Å². The number of nitrogens with zero attached hydrogens (tertiary/aromatic N) is 1. The second kappa shape index (κ2) is 3.32. The summed E-state index contributed by atoms with van der Waals surface area (Å²) in [6.07, 6.45) is 6.11. The predicted molar refractivity (Wildman–Crippen MR) is 57.3 cm³/mol. The van der Waals surface area contributed by atoms with E-state index in [0.717, 1.165) is 3.92 Å². The molecule has 0 saturated heterocycles. The SMILES string of the molecule is C[n+]1cccc2c1C(I)CCC2. The van der Waals surface area contributed by atoms with Gasteiger partial charge in [-0.25, -0.2) is 4.57 Å². The minimum Gasteiger partial charge on any atom is -0.204 e. The zero-order valence-electron chi connectivity index (χ0n) is 7.26. The molecular weight excluding hydrogens is 261 g/mol. The Morgan fingerprint density at radius 3 is 3.17 bits per heavy atom. The summed E-state index contributed by atoms with van der Waals surface area (Å²) in [7, 11) is 2.15. The van der Waals surface area contributed by atoms with Crippen LogP contribution in [0, 0.1) is 0 Å². The fourth-order valence-corrected chi connectivity index (χ4v) is 3.20. The molecule has 0 fully saturated rings. The van der Waals surface area contributed by atoms with Gasteiger partial charge in [-0.15, -0.1) is 0 Å². The van der Waals surface area contributed by atoms with Crippen LogP contribution in [0.5, 0.6) is 0 Å². The third kappa shape index (κ3) is 1.37. The van der Waals surface area contributed by atoms with Crippen LogP contribution >= 0.6 is 22.6 Å². The number of aromatic nitrogens is 1. The Morgan fingerprint density at radius 1 is 1.58 bits per heavy atom. The molecule has 1 unspecified atom stereocenters. The maximum absolute atomic E-state index is 2.55. The fraction of sp³-hybridized carbons (Fsp3) is 0.500. The van der Waals surface area contributed by atoms with Crippen LogP contribution in [-0.2, 0) is 13.5 Å². The molecule has 1 nitrogen and oxygen atoms in total. The van der Waals surface area contributed by atoms with Gasteiger partial charge in [0, 0.05) is 11.6 Å². The summed E-state index contributed by atoms with van der Waals surface area (Å²) in [5.41, 5.74) is 3.08. The number of hydrogen-bond acceptors (Lipinski definition) is 0. The molecule has 0 amide bonds.